The highest BCUT2D eigenvalue weighted by atomic mass is 79.9. The summed E-state index contributed by atoms with van der Waals surface area (Å²) in [6, 6.07) is 5.59. The van der Waals surface area contributed by atoms with Gasteiger partial charge < -0.3 is 4.74 Å². The lowest BCUT2D eigenvalue weighted by Gasteiger charge is -2.30. The molecule has 0 aliphatic heterocycles. The molecule has 0 fully saturated rings. The standard InChI is InChI=1S/C13H17Br2ClO3S/c1-3-13(4-2,9-20(16,17)18)8-19-12-6-5-10(14)7-11(12)15/h5-7H,3-4,8-9H2,1-2H3. The summed E-state index contributed by atoms with van der Waals surface area (Å²) in [4.78, 5) is 0. The van der Waals surface area contributed by atoms with Crippen LogP contribution in [0.4, 0.5) is 0 Å². The molecule has 0 saturated carbocycles. The molecule has 0 aliphatic carbocycles. The Morgan fingerprint density at radius 2 is 1.85 bits per heavy atom. The maximum atomic E-state index is 11.4. The van der Waals surface area contributed by atoms with Crippen LogP contribution in [0.15, 0.2) is 27.1 Å². The van der Waals surface area contributed by atoms with Gasteiger partial charge in [0.15, 0.2) is 0 Å². The van der Waals surface area contributed by atoms with Gasteiger partial charge in [-0.1, -0.05) is 29.8 Å². The summed E-state index contributed by atoms with van der Waals surface area (Å²) in [5.41, 5.74) is -0.465. The van der Waals surface area contributed by atoms with Crippen molar-refractivity contribution in [2.75, 3.05) is 12.4 Å². The van der Waals surface area contributed by atoms with E-state index < -0.39 is 14.5 Å². The zero-order valence-corrected chi connectivity index (χ0v) is 16.1. The third-order valence-corrected chi connectivity index (χ3v) is 5.80. The van der Waals surface area contributed by atoms with E-state index in [-0.39, 0.29) is 5.75 Å². The molecule has 0 radical (unpaired) electrons. The van der Waals surface area contributed by atoms with Crippen LogP contribution in [-0.4, -0.2) is 20.8 Å². The molecule has 0 bridgehead atoms. The van der Waals surface area contributed by atoms with Gasteiger partial charge in [0, 0.05) is 20.6 Å². The summed E-state index contributed by atoms with van der Waals surface area (Å²) in [7, 11) is 1.86. The highest BCUT2D eigenvalue weighted by Crippen LogP contribution is 2.33. The lowest BCUT2D eigenvalue weighted by molar-refractivity contribution is 0.154. The molecular weight excluding hydrogens is 431 g/mol. The van der Waals surface area contributed by atoms with Gasteiger partial charge in [0.2, 0.25) is 9.05 Å². The van der Waals surface area contributed by atoms with Crippen LogP contribution in [0.2, 0.25) is 0 Å². The van der Waals surface area contributed by atoms with Crippen molar-refractivity contribution in [2.24, 2.45) is 5.41 Å². The van der Waals surface area contributed by atoms with Gasteiger partial charge in [-0.25, -0.2) is 8.42 Å². The number of benzene rings is 1. The molecule has 3 nitrogen and oxygen atoms in total. The molecule has 0 N–H and O–H groups in total. The summed E-state index contributed by atoms with van der Waals surface area (Å²) >= 11 is 6.79. The van der Waals surface area contributed by atoms with Gasteiger partial charge in [-0.05, 0) is 47.0 Å². The smallest absolute Gasteiger partial charge is 0.233 e. The molecule has 1 rings (SSSR count). The number of hydrogen-bond acceptors (Lipinski definition) is 3. The van der Waals surface area contributed by atoms with E-state index in [1.807, 2.05) is 32.0 Å². The summed E-state index contributed by atoms with van der Waals surface area (Å²) in [5, 5.41) is 0. The van der Waals surface area contributed by atoms with E-state index in [4.69, 9.17) is 15.4 Å². The summed E-state index contributed by atoms with van der Waals surface area (Å²) < 4.78 is 30.3. The van der Waals surface area contributed by atoms with Gasteiger partial charge >= 0.3 is 0 Å². The number of halogens is 3. The van der Waals surface area contributed by atoms with E-state index >= 15 is 0 Å². The van der Waals surface area contributed by atoms with Gasteiger partial charge in [-0.2, -0.15) is 0 Å². The highest BCUT2D eigenvalue weighted by Gasteiger charge is 2.32. The van der Waals surface area contributed by atoms with Gasteiger partial charge in [0.05, 0.1) is 16.8 Å². The SMILES string of the molecule is CCC(CC)(COc1ccc(Br)cc1Br)CS(=O)(=O)Cl. The molecule has 0 atom stereocenters. The van der Waals surface area contributed by atoms with Crippen LogP contribution in [0.1, 0.15) is 26.7 Å². The summed E-state index contributed by atoms with van der Waals surface area (Å²) in [6.45, 7) is 4.21. The normalized spacial score (nSPS) is 12.4. The van der Waals surface area contributed by atoms with Crippen LogP contribution in [0.5, 0.6) is 5.75 Å². The molecule has 114 valence electrons. The molecular formula is C13H17Br2ClO3S. The quantitative estimate of drug-likeness (QED) is 0.554. The fraction of sp³-hybridized carbons (Fsp3) is 0.538. The monoisotopic (exact) mass is 446 g/mol. The van der Waals surface area contributed by atoms with Crippen LogP contribution >= 0.6 is 42.5 Å². The van der Waals surface area contributed by atoms with Crippen molar-refractivity contribution in [3.63, 3.8) is 0 Å². The molecule has 0 unspecified atom stereocenters. The average Bonchev–Trinajstić information content (AvgIpc) is 2.35. The second kappa shape index (κ2) is 7.47. The van der Waals surface area contributed by atoms with E-state index in [0.29, 0.717) is 25.2 Å². The Bertz CT molecular complexity index is 557. The molecule has 0 aromatic heterocycles. The second-order valence-corrected chi connectivity index (χ2v) is 9.30. The summed E-state index contributed by atoms with van der Waals surface area (Å²) in [5.74, 6) is 0.606. The molecule has 0 amide bonds. The Morgan fingerprint density at radius 1 is 1.25 bits per heavy atom. The minimum atomic E-state index is -3.55. The number of rotatable bonds is 7. The molecule has 7 heteroatoms. The first kappa shape index (κ1) is 18.3. The van der Waals surface area contributed by atoms with Gasteiger partial charge in [0.25, 0.3) is 0 Å². The molecule has 1 aromatic carbocycles. The first-order valence-corrected chi connectivity index (χ1v) is 10.3. The van der Waals surface area contributed by atoms with Crippen LogP contribution in [-0.2, 0) is 9.05 Å². The number of ether oxygens (including phenoxy) is 1. The van der Waals surface area contributed by atoms with Crippen molar-refractivity contribution in [1.82, 2.24) is 0 Å². The second-order valence-electron chi connectivity index (χ2n) is 4.75. The Labute approximate surface area is 141 Å². The molecule has 20 heavy (non-hydrogen) atoms. The predicted octanol–water partition coefficient (Wildman–Crippen LogP) is 4.97. The molecule has 0 heterocycles. The fourth-order valence-corrected chi connectivity index (χ4v) is 4.97. The third-order valence-electron chi connectivity index (χ3n) is 3.41. The van der Waals surface area contributed by atoms with Crippen molar-refractivity contribution < 1.29 is 13.2 Å². The number of hydrogen-bond donors (Lipinski definition) is 0. The third kappa shape index (κ3) is 5.54. The van der Waals surface area contributed by atoms with Crippen molar-refractivity contribution in [1.29, 1.82) is 0 Å². The Morgan fingerprint density at radius 3 is 2.30 bits per heavy atom. The van der Waals surface area contributed by atoms with Crippen molar-refractivity contribution in [3.8, 4) is 5.75 Å². The Hall–Kier alpha value is 0.220. The summed E-state index contributed by atoms with van der Waals surface area (Å²) in [6.07, 6.45) is 1.37. The van der Waals surface area contributed by atoms with Crippen LogP contribution in [0.3, 0.4) is 0 Å². The maximum Gasteiger partial charge on any atom is 0.233 e. The molecule has 0 saturated heterocycles. The van der Waals surface area contributed by atoms with Crippen LogP contribution < -0.4 is 4.74 Å². The topological polar surface area (TPSA) is 43.4 Å². The molecule has 0 aliphatic rings. The van der Waals surface area contributed by atoms with Crippen molar-refractivity contribution >= 4 is 51.6 Å². The van der Waals surface area contributed by atoms with E-state index in [2.05, 4.69) is 31.9 Å². The predicted molar refractivity (Wildman–Crippen MR) is 90.0 cm³/mol. The molecule has 0 spiro atoms. The average molecular weight is 449 g/mol. The van der Waals surface area contributed by atoms with Gasteiger partial charge in [-0.3, -0.25) is 0 Å². The fourth-order valence-electron chi connectivity index (χ4n) is 1.89. The first-order valence-electron chi connectivity index (χ1n) is 6.21. The zero-order valence-electron chi connectivity index (χ0n) is 11.3. The van der Waals surface area contributed by atoms with E-state index in [0.717, 1.165) is 8.95 Å². The Balaban J connectivity index is 2.86. The largest absolute Gasteiger partial charge is 0.492 e. The van der Waals surface area contributed by atoms with E-state index in [1.165, 1.54) is 0 Å². The van der Waals surface area contributed by atoms with E-state index in [1.54, 1.807) is 0 Å². The van der Waals surface area contributed by atoms with Crippen molar-refractivity contribution in [2.45, 2.75) is 26.7 Å². The molecule has 1 aromatic rings. The van der Waals surface area contributed by atoms with Gasteiger partial charge in [-0.15, -0.1) is 0 Å². The zero-order chi connectivity index (χ0) is 15.4. The maximum absolute atomic E-state index is 11.4. The minimum absolute atomic E-state index is 0.0807. The lowest BCUT2D eigenvalue weighted by atomic mass is 9.85. The van der Waals surface area contributed by atoms with E-state index in [9.17, 15) is 8.42 Å². The minimum Gasteiger partial charge on any atom is -0.492 e. The van der Waals surface area contributed by atoms with Crippen molar-refractivity contribution in [3.05, 3.63) is 27.1 Å². The van der Waals surface area contributed by atoms with Crippen LogP contribution in [0.25, 0.3) is 0 Å². The first-order chi connectivity index (χ1) is 9.21. The Kier molecular flexibility index (Phi) is 6.83. The van der Waals surface area contributed by atoms with Crippen LogP contribution in [0, 0.1) is 5.41 Å². The van der Waals surface area contributed by atoms with Gasteiger partial charge in [0.1, 0.15) is 5.75 Å². The lowest BCUT2D eigenvalue weighted by Crippen LogP contribution is -2.33. The highest BCUT2D eigenvalue weighted by molar-refractivity contribution is 9.11.